The van der Waals surface area contributed by atoms with Crippen molar-refractivity contribution in [2.24, 2.45) is 11.7 Å². The number of benzene rings is 1. The Bertz CT molecular complexity index is 452. The minimum atomic E-state index is -0.00486. The van der Waals surface area contributed by atoms with Gasteiger partial charge < -0.3 is 10.5 Å². The zero-order valence-electron chi connectivity index (χ0n) is 13.5. The molecule has 0 saturated carbocycles. The Labute approximate surface area is 128 Å². The molecule has 116 valence electrons. The van der Waals surface area contributed by atoms with Crippen molar-refractivity contribution in [3.8, 4) is 11.8 Å². The summed E-state index contributed by atoms with van der Waals surface area (Å²) in [5.41, 5.74) is 7.54. The first-order chi connectivity index (χ1) is 10.1. The van der Waals surface area contributed by atoms with Gasteiger partial charge in [-0.2, -0.15) is 5.26 Å². The van der Waals surface area contributed by atoms with Crippen LogP contribution in [0, 0.1) is 17.2 Å². The normalized spacial score (nSPS) is 15.3. The van der Waals surface area contributed by atoms with Gasteiger partial charge in [-0.15, -0.1) is 0 Å². The summed E-state index contributed by atoms with van der Waals surface area (Å²) in [6, 6.07) is 10.5. The summed E-state index contributed by atoms with van der Waals surface area (Å²) in [6.45, 7) is 7.77. The number of likely N-dealkylation sites (N-methyl/N-ethyl adjacent to an activating group) is 1. The molecule has 0 aliphatic rings. The molecule has 3 unspecified atom stereocenters. The molecule has 2 N–H and O–H groups in total. The van der Waals surface area contributed by atoms with Crippen molar-refractivity contribution in [3.63, 3.8) is 0 Å². The summed E-state index contributed by atoms with van der Waals surface area (Å²) in [7, 11) is 1.66. The fourth-order valence-electron chi connectivity index (χ4n) is 2.59. The van der Waals surface area contributed by atoms with E-state index in [-0.39, 0.29) is 18.0 Å². The summed E-state index contributed by atoms with van der Waals surface area (Å²) in [5, 5.41) is 9.07. The molecule has 0 bridgehead atoms. The van der Waals surface area contributed by atoms with Crippen molar-refractivity contribution in [3.05, 3.63) is 29.8 Å². The molecule has 0 fully saturated rings. The van der Waals surface area contributed by atoms with Gasteiger partial charge in [-0.1, -0.05) is 26.0 Å². The lowest BCUT2D eigenvalue weighted by Crippen LogP contribution is -2.42. The third kappa shape index (κ3) is 4.73. The fourth-order valence-corrected chi connectivity index (χ4v) is 2.59. The van der Waals surface area contributed by atoms with Crippen molar-refractivity contribution >= 4 is 0 Å². The van der Waals surface area contributed by atoms with Crippen molar-refractivity contribution in [1.29, 1.82) is 5.26 Å². The molecule has 0 spiro atoms. The number of rotatable bonds is 8. The molecule has 0 amide bonds. The molecule has 3 atom stereocenters. The minimum absolute atomic E-state index is 0.00486. The van der Waals surface area contributed by atoms with E-state index < -0.39 is 0 Å². The van der Waals surface area contributed by atoms with Gasteiger partial charge >= 0.3 is 0 Å². The average molecular weight is 289 g/mol. The summed E-state index contributed by atoms with van der Waals surface area (Å²) in [5.74, 6) is 0.839. The maximum Gasteiger partial charge on any atom is 0.118 e. The zero-order chi connectivity index (χ0) is 15.8. The summed E-state index contributed by atoms with van der Waals surface area (Å²) < 4.78 is 5.22. The molecule has 1 aromatic rings. The standard InChI is InChI=1S/C17H27N3O/c1-5-16(19)17(20(6-2)12-13(3)11-18)14-7-9-15(21-4)10-8-14/h7-10,13,16-17H,5-6,12,19H2,1-4H3. The number of hydrogen-bond donors (Lipinski definition) is 1. The van der Waals surface area contributed by atoms with E-state index >= 15 is 0 Å². The lowest BCUT2D eigenvalue weighted by molar-refractivity contribution is 0.166. The second kappa shape index (κ2) is 8.66. The van der Waals surface area contributed by atoms with Crippen LogP contribution in [0.5, 0.6) is 5.75 Å². The van der Waals surface area contributed by atoms with Crippen LogP contribution in [-0.2, 0) is 0 Å². The number of nitriles is 1. The molecule has 1 rings (SSSR count). The Kier molecular flexibility index (Phi) is 7.21. The molecule has 0 heterocycles. The first-order valence-electron chi connectivity index (χ1n) is 7.60. The van der Waals surface area contributed by atoms with Gasteiger partial charge in [0.15, 0.2) is 0 Å². The Morgan fingerprint density at radius 1 is 1.29 bits per heavy atom. The number of methoxy groups -OCH3 is 1. The molecule has 0 aliphatic heterocycles. The van der Waals surface area contributed by atoms with Crippen molar-refractivity contribution in [2.45, 2.75) is 39.3 Å². The van der Waals surface area contributed by atoms with Crippen molar-refractivity contribution < 1.29 is 4.74 Å². The summed E-state index contributed by atoms with van der Waals surface area (Å²) >= 11 is 0. The molecule has 4 heteroatoms. The number of nitrogens with two attached hydrogens (primary N) is 1. The predicted octanol–water partition coefficient (Wildman–Crippen LogP) is 2.96. The predicted molar refractivity (Wildman–Crippen MR) is 86.0 cm³/mol. The second-order valence-corrected chi connectivity index (χ2v) is 5.41. The van der Waals surface area contributed by atoms with Gasteiger partial charge in [0.25, 0.3) is 0 Å². The smallest absolute Gasteiger partial charge is 0.118 e. The topological polar surface area (TPSA) is 62.3 Å². The molecule has 21 heavy (non-hydrogen) atoms. The SMILES string of the molecule is CCC(N)C(c1ccc(OC)cc1)N(CC)CC(C)C#N. The number of nitrogens with zero attached hydrogens (tertiary/aromatic N) is 2. The summed E-state index contributed by atoms with van der Waals surface area (Å²) in [4.78, 5) is 2.30. The quantitative estimate of drug-likeness (QED) is 0.799. The van der Waals surface area contributed by atoms with Gasteiger partial charge in [0, 0.05) is 18.6 Å². The third-order valence-corrected chi connectivity index (χ3v) is 3.86. The second-order valence-electron chi connectivity index (χ2n) is 5.41. The van der Waals surface area contributed by atoms with E-state index in [1.54, 1.807) is 7.11 Å². The Hall–Kier alpha value is -1.57. The van der Waals surface area contributed by atoms with Crippen LogP contribution < -0.4 is 10.5 Å². The molecule has 1 aromatic carbocycles. The van der Waals surface area contributed by atoms with Crippen LogP contribution in [0.15, 0.2) is 24.3 Å². The Morgan fingerprint density at radius 2 is 1.90 bits per heavy atom. The summed E-state index contributed by atoms with van der Waals surface area (Å²) in [6.07, 6.45) is 0.897. The van der Waals surface area contributed by atoms with Crippen LogP contribution in [0.1, 0.15) is 38.8 Å². The molecule has 4 nitrogen and oxygen atoms in total. The molecular weight excluding hydrogens is 262 g/mol. The number of ether oxygens (including phenoxy) is 1. The fraction of sp³-hybridized carbons (Fsp3) is 0.588. The van der Waals surface area contributed by atoms with Crippen LogP contribution in [0.2, 0.25) is 0 Å². The lowest BCUT2D eigenvalue weighted by Gasteiger charge is -2.35. The van der Waals surface area contributed by atoms with Crippen LogP contribution in [-0.4, -0.2) is 31.1 Å². The van der Waals surface area contributed by atoms with Crippen LogP contribution in [0.25, 0.3) is 0 Å². The van der Waals surface area contributed by atoms with E-state index in [0.29, 0.717) is 0 Å². The molecule has 0 radical (unpaired) electrons. The van der Waals surface area contributed by atoms with E-state index in [2.05, 4.69) is 36.9 Å². The highest BCUT2D eigenvalue weighted by Gasteiger charge is 2.25. The average Bonchev–Trinajstić information content (AvgIpc) is 2.54. The van der Waals surface area contributed by atoms with E-state index in [4.69, 9.17) is 15.7 Å². The van der Waals surface area contributed by atoms with Crippen LogP contribution in [0.4, 0.5) is 0 Å². The molecular formula is C17H27N3O. The number of hydrogen-bond acceptors (Lipinski definition) is 4. The van der Waals surface area contributed by atoms with Gasteiger partial charge in [-0.05, 0) is 37.6 Å². The van der Waals surface area contributed by atoms with Gasteiger partial charge in [0.05, 0.1) is 19.1 Å². The van der Waals surface area contributed by atoms with E-state index in [9.17, 15) is 0 Å². The Balaban J connectivity index is 3.05. The van der Waals surface area contributed by atoms with Gasteiger partial charge in [-0.25, -0.2) is 0 Å². The van der Waals surface area contributed by atoms with E-state index in [0.717, 1.165) is 25.3 Å². The largest absolute Gasteiger partial charge is 0.497 e. The molecule has 0 aliphatic carbocycles. The highest BCUT2D eigenvalue weighted by molar-refractivity contribution is 5.30. The first kappa shape index (κ1) is 17.5. The third-order valence-electron chi connectivity index (χ3n) is 3.86. The molecule has 0 saturated heterocycles. The molecule has 0 aromatic heterocycles. The van der Waals surface area contributed by atoms with Crippen LogP contribution in [0.3, 0.4) is 0 Å². The van der Waals surface area contributed by atoms with Gasteiger partial charge in [0.2, 0.25) is 0 Å². The maximum absolute atomic E-state index is 9.07. The zero-order valence-corrected chi connectivity index (χ0v) is 13.5. The van der Waals surface area contributed by atoms with Gasteiger partial charge in [0.1, 0.15) is 5.75 Å². The van der Waals surface area contributed by atoms with Crippen molar-refractivity contribution in [1.82, 2.24) is 4.90 Å². The van der Waals surface area contributed by atoms with Crippen molar-refractivity contribution in [2.75, 3.05) is 20.2 Å². The van der Waals surface area contributed by atoms with Crippen LogP contribution >= 0.6 is 0 Å². The van der Waals surface area contributed by atoms with E-state index in [1.165, 1.54) is 5.56 Å². The lowest BCUT2D eigenvalue weighted by atomic mass is 9.95. The van der Waals surface area contributed by atoms with E-state index in [1.807, 2.05) is 19.1 Å². The first-order valence-corrected chi connectivity index (χ1v) is 7.60. The Morgan fingerprint density at radius 3 is 2.33 bits per heavy atom. The highest BCUT2D eigenvalue weighted by Crippen LogP contribution is 2.27. The van der Waals surface area contributed by atoms with Gasteiger partial charge in [-0.3, -0.25) is 4.90 Å². The highest BCUT2D eigenvalue weighted by atomic mass is 16.5. The minimum Gasteiger partial charge on any atom is -0.497 e. The monoisotopic (exact) mass is 289 g/mol. The maximum atomic E-state index is 9.07.